The van der Waals surface area contributed by atoms with Crippen molar-refractivity contribution in [2.75, 3.05) is 11.9 Å². The van der Waals surface area contributed by atoms with Gasteiger partial charge in [-0.1, -0.05) is 15.9 Å². The molecule has 20 heavy (non-hydrogen) atoms. The molecule has 0 spiro atoms. The molecule has 2 aromatic rings. The molecule has 0 aliphatic heterocycles. The monoisotopic (exact) mass is 337 g/mol. The van der Waals surface area contributed by atoms with E-state index >= 15 is 0 Å². The van der Waals surface area contributed by atoms with E-state index in [1.54, 1.807) is 6.33 Å². The Hall–Kier alpha value is -1.73. The first kappa shape index (κ1) is 14.7. The Labute approximate surface area is 125 Å². The summed E-state index contributed by atoms with van der Waals surface area (Å²) in [7, 11) is 0. The summed E-state index contributed by atoms with van der Waals surface area (Å²) < 4.78 is 2.91. The second-order valence-electron chi connectivity index (χ2n) is 4.19. The number of carbonyl (C=O) groups is 1. The number of anilines is 1. The van der Waals surface area contributed by atoms with Gasteiger partial charge in [-0.05, 0) is 31.2 Å². The van der Waals surface area contributed by atoms with Gasteiger partial charge in [-0.15, -0.1) is 10.2 Å². The Balaban J connectivity index is 1.76. The first-order valence-corrected chi connectivity index (χ1v) is 7.11. The van der Waals surface area contributed by atoms with Crippen LogP contribution in [-0.4, -0.2) is 27.2 Å². The van der Waals surface area contributed by atoms with Gasteiger partial charge in [-0.25, -0.2) is 0 Å². The fourth-order valence-corrected chi connectivity index (χ4v) is 1.97. The molecule has 0 saturated heterocycles. The molecular weight excluding hydrogens is 322 g/mol. The maximum atomic E-state index is 11.8. The third kappa shape index (κ3) is 4.14. The molecule has 1 heterocycles. The number of hydrogen-bond donors (Lipinski definition) is 2. The van der Waals surface area contributed by atoms with Gasteiger partial charge in [-0.2, -0.15) is 0 Å². The van der Waals surface area contributed by atoms with Gasteiger partial charge in [0.25, 0.3) is 0 Å². The summed E-state index contributed by atoms with van der Waals surface area (Å²) in [6.45, 7) is 3.58. The molecule has 0 aliphatic rings. The van der Waals surface area contributed by atoms with Gasteiger partial charge in [0.15, 0.2) is 0 Å². The summed E-state index contributed by atoms with van der Waals surface area (Å²) in [5.41, 5.74) is 0.775. The number of nitrogens with one attached hydrogen (secondary N) is 2. The van der Waals surface area contributed by atoms with Crippen molar-refractivity contribution >= 4 is 27.5 Å². The molecule has 0 aliphatic carbocycles. The fourth-order valence-electron chi connectivity index (χ4n) is 1.71. The van der Waals surface area contributed by atoms with Gasteiger partial charge >= 0.3 is 0 Å². The van der Waals surface area contributed by atoms with Crippen LogP contribution in [0.15, 0.2) is 35.1 Å². The van der Waals surface area contributed by atoms with E-state index in [0.717, 1.165) is 22.5 Å². The van der Waals surface area contributed by atoms with E-state index in [4.69, 9.17) is 0 Å². The summed E-state index contributed by atoms with van der Waals surface area (Å²) in [4.78, 5) is 11.8. The summed E-state index contributed by atoms with van der Waals surface area (Å²) in [6, 6.07) is 7.45. The number of rotatable bonds is 6. The number of nitrogens with zero attached hydrogens (tertiary/aromatic N) is 3. The van der Waals surface area contributed by atoms with Crippen LogP contribution >= 0.6 is 15.9 Å². The minimum atomic E-state index is -0.0881. The van der Waals surface area contributed by atoms with Gasteiger partial charge < -0.3 is 15.2 Å². The normalized spacial score (nSPS) is 10.5. The van der Waals surface area contributed by atoms with E-state index in [-0.39, 0.29) is 12.5 Å². The predicted octanol–water partition coefficient (Wildman–Crippen LogP) is 1.79. The number of halogens is 1. The number of hydrogen-bond acceptors (Lipinski definition) is 4. The van der Waals surface area contributed by atoms with Crippen molar-refractivity contribution in [2.45, 2.75) is 20.0 Å². The molecular formula is C13H16BrN5O. The van der Waals surface area contributed by atoms with Crippen molar-refractivity contribution in [3.05, 3.63) is 40.9 Å². The van der Waals surface area contributed by atoms with Gasteiger partial charge in [0.1, 0.15) is 12.2 Å². The zero-order valence-corrected chi connectivity index (χ0v) is 12.7. The van der Waals surface area contributed by atoms with Gasteiger partial charge in [0.05, 0.1) is 13.1 Å². The van der Waals surface area contributed by atoms with Gasteiger partial charge in [0, 0.05) is 16.7 Å². The van der Waals surface area contributed by atoms with Crippen LogP contribution in [0.2, 0.25) is 0 Å². The summed E-state index contributed by atoms with van der Waals surface area (Å²) >= 11 is 3.35. The van der Waals surface area contributed by atoms with E-state index < -0.39 is 0 Å². The molecule has 6 nitrogen and oxygen atoms in total. The lowest BCUT2D eigenvalue weighted by molar-refractivity contribution is -0.115. The van der Waals surface area contributed by atoms with Crippen molar-refractivity contribution in [3.63, 3.8) is 0 Å². The lowest BCUT2D eigenvalue weighted by atomic mass is 10.3. The van der Waals surface area contributed by atoms with Gasteiger partial charge in [0.2, 0.25) is 5.91 Å². The van der Waals surface area contributed by atoms with Crippen LogP contribution in [0.3, 0.4) is 0 Å². The van der Waals surface area contributed by atoms with E-state index in [9.17, 15) is 4.79 Å². The predicted molar refractivity (Wildman–Crippen MR) is 80.2 cm³/mol. The van der Waals surface area contributed by atoms with Crippen LogP contribution in [0.4, 0.5) is 5.69 Å². The minimum Gasteiger partial charge on any atom is -0.325 e. The Morgan fingerprint density at radius 1 is 1.35 bits per heavy atom. The summed E-state index contributed by atoms with van der Waals surface area (Å²) in [5.74, 6) is 0.735. The Kier molecular flexibility index (Phi) is 5.25. The first-order chi connectivity index (χ1) is 9.69. The fraction of sp³-hybridized carbons (Fsp3) is 0.308. The van der Waals surface area contributed by atoms with Crippen LogP contribution in [0, 0.1) is 0 Å². The zero-order chi connectivity index (χ0) is 14.4. The quantitative estimate of drug-likeness (QED) is 0.842. The standard InChI is InChI=1S/C13H16BrN5O/c1-2-19-9-16-18-12(19)7-15-8-13(20)17-11-5-3-10(14)4-6-11/h3-6,9,15H,2,7-8H2,1H3,(H,17,20). The van der Waals surface area contributed by atoms with E-state index in [2.05, 4.69) is 36.8 Å². The van der Waals surface area contributed by atoms with Crippen LogP contribution < -0.4 is 10.6 Å². The van der Waals surface area contributed by atoms with E-state index in [0.29, 0.717) is 6.54 Å². The highest BCUT2D eigenvalue weighted by Gasteiger charge is 2.05. The van der Waals surface area contributed by atoms with E-state index in [1.807, 2.05) is 35.8 Å². The number of aryl methyl sites for hydroxylation is 1. The summed E-state index contributed by atoms with van der Waals surface area (Å²) in [6.07, 6.45) is 1.68. The molecule has 1 aromatic heterocycles. The number of carbonyl (C=O) groups excluding carboxylic acids is 1. The van der Waals surface area contributed by atoms with E-state index in [1.165, 1.54) is 0 Å². The minimum absolute atomic E-state index is 0.0881. The number of aromatic nitrogens is 3. The Bertz CT molecular complexity index is 566. The smallest absolute Gasteiger partial charge is 0.238 e. The lowest BCUT2D eigenvalue weighted by Crippen LogP contribution is -2.28. The largest absolute Gasteiger partial charge is 0.325 e. The lowest BCUT2D eigenvalue weighted by Gasteiger charge is -2.07. The number of amides is 1. The highest BCUT2D eigenvalue weighted by molar-refractivity contribution is 9.10. The molecule has 1 amide bonds. The van der Waals surface area contributed by atoms with Crippen LogP contribution in [0.1, 0.15) is 12.7 Å². The maximum Gasteiger partial charge on any atom is 0.238 e. The van der Waals surface area contributed by atoms with Crippen LogP contribution in [0.25, 0.3) is 0 Å². The molecule has 0 bridgehead atoms. The SMILES string of the molecule is CCn1cnnc1CNCC(=O)Nc1ccc(Br)cc1. The second kappa shape index (κ2) is 7.16. The average Bonchev–Trinajstić information content (AvgIpc) is 2.89. The molecule has 0 atom stereocenters. The molecule has 0 fully saturated rings. The zero-order valence-electron chi connectivity index (χ0n) is 11.1. The van der Waals surface area contributed by atoms with Crippen molar-refractivity contribution in [1.82, 2.24) is 20.1 Å². The van der Waals surface area contributed by atoms with Crippen molar-refractivity contribution < 1.29 is 4.79 Å². The highest BCUT2D eigenvalue weighted by Crippen LogP contribution is 2.13. The summed E-state index contributed by atoms with van der Waals surface area (Å²) in [5, 5.41) is 13.7. The number of benzene rings is 1. The molecule has 106 valence electrons. The molecule has 1 aromatic carbocycles. The average molecular weight is 338 g/mol. The van der Waals surface area contributed by atoms with Crippen molar-refractivity contribution in [2.24, 2.45) is 0 Å². The van der Waals surface area contributed by atoms with Crippen molar-refractivity contribution in [1.29, 1.82) is 0 Å². The molecule has 7 heteroatoms. The topological polar surface area (TPSA) is 71.8 Å². The third-order valence-electron chi connectivity index (χ3n) is 2.73. The highest BCUT2D eigenvalue weighted by atomic mass is 79.9. The molecule has 2 rings (SSSR count). The first-order valence-electron chi connectivity index (χ1n) is 6.32. The Morgan fingerprint density at radius 2 is 2.10 bits per heavy atom. The maximum absolute atomic E-state index is 11.8. The van der Waals surface area contributed by atoms with Crippen molar-refractivity contribution in [3.8, 4) is 0 Å². The van der Waals surface area contributed by atoms with Crippen LogP contribution in [0.5, 0.6) is 0 Å². The van der Waals surface area contributed by atoms with Gasteiger partial charge in [-0.3, -0.25) is 4.79 Å². The Morgan fingerprint density at radius 3 is 2.80 bits per heavy atom. The molecule has 2 N–H and O–H groups in total. The molecule has 0 radical (unpaired) electrons. The second-order valence-corrected chi connectivity index (χ2v) is 5.11. The van der Waals surface area contributed by atoms with Crippen LogP contribution in [-0.2, 0) is 17.9 Å². The molecule has 0 unspecified atom stereocenters. The molecule has 0 saturated carbocycles. The third-order valence-corrected chi connectivity index (χ3v) is 3.26.